The Morgan fingerprint density at radius 1 is 0.963 bits per heavy atom. The molecule has 6 nitrogen and oxygen atoms in total. The molecular formula is C20H16N2O4S. The summed E-state index contributed by atoms with van der Waals surface area (Å²) in [7, 11) is 0. The van der Waals surface area contributed by atoms with Crippen molar-refractivity contribution in [3.8, 4) is 11.5 Å². The van der Waals surface area contributed by atoms with E-state index in [1.807, 2.05) is 23.6 Å². The van der Waals surface area contributed by atoms with Gasteiger partial charge in [0, 0.05) is 0 Å². The van der Waals surface area contributed by atoms with Gasteiger partial charge >= 0.3 is 5.97 Å². The van der Waals surface area contributed by atoms with Crippen LogP contribution in [-0.4, -0.2) is 24.7 Å². The second kappa shape index (κ2) is 9.30. The fourth-order valence-electron chi connectivity index (χ4n) is 2.05. The van der Waals surface area contributed by atoms with E-state index in [-0.39, 0.29) is 12.5 Å². The third-order valence-electron chi connectivity index (χ3n) is 3.33. The van der Waals surface area contributed by atoms with Crippen LogP contribution in [-0.2, 0) is 4.79 Å². The molecule has 0 aliphatic carbocycles. The van der Waals surface area contributed by atoms with Gasteiger partial charge in [-0.05, 0) is 53.4 Å². The van der Waals surface area contributed by atoms with Crippen molar-refractivity contribution in [1.82, 2.24) is 5.43 Å². The fraction of sp³-hybridized carbons (Fsp3) is 0.0500. The van der Waals surface area contributed by atoms with Crippen LogP contribution in [0.3, 0.4) is 0 Å². The molecule has 7 heteroatoms. The highest BCUT2D eigenvalue weighted by molar-refractivity contribution is 7.12. The molecule has 0 unspecified atom stereocenters. The molecular weight excluding hydrogens is 364 g/mol. The lowest BCUT2D eigenvalue weighted by molar-refractivity contribution is -0.123. The summed E-state index contributed by atoms with van der Waals surface area (Å²) in [6, 6.07) is 19.3. The van der Waals surface area contributed by atoms with Crippen LogP contribution in [0.2, 0.25) is 0 Å². The van der Waals surface area contributed by atoms with Crippen LogP contribution in [0.25, 0.3) is 0 Å². The number of carbonyl (C=O) groups excluding carboxylic acids is 2. The first kappa shape index (κ1) is 18.3. The third-order valence-corrected chi connectivity index (χ3v) is 4.18. The van der Waals surface area contributed by atoms with Crippen molar-refractivity contribution in [3.63, 3.8) is 0 Å². The number of ether oxygens (including phenoxy) is 2. The van der Waals surface area contributed by atoms with Gasteiger partial charge in [0.25, 0.3) is 5.91 Å². The molecule has 0 aliphatic rings. The molecule has 0 bridgehead atoms. The zero-order valence-corrected chi connectivity index (χ0v) is 15.0. The van der Waals surface area contributed by atoms with E-state index in [4.69, 9.17) is 9.47 Å². The van der Waals surface area contributed by atoms with Crippen LogP contribution in [0, 0.1) is 0 Å². The molecule has 0 radical (unpaired) electrons. The molecule has 3 rings (SSSR count). The smallest absolute Gasteiger partial charge is 0.353 e. The summed E-state index contributed by atoms with van der Waals surface area (Å²) < 4.78 is 10.6. The summed E-state index contributed by atoms with van der Waals surface area (Å²) in [4.78, 5) is 24.1. The SMILES string of the molecule is O=C(COc1ccccc1)N/N=C\c1ccc(OC(=O)c2cccs2)cc1. The van der Waals surface area contributed by atoms with Crippen molar-refractivity contribution in [2.24, 2.45) is 5.10 Å². The zero-order valence-electron chi connectivity index (χ0n) is 14.2. The largest absolute Gasteiger partial charge is 0.484 e. The molecule has 3 aromatic rings. The van der Waals surface area contributed by atoms with Crippen LogP contribution in [0.15, 0.2) is 77.2 Å². The van der Waals surface area contributed by atoms with Crippen molar-refractivity contribution in [3.05, 3.63) is 82.6 Å². The Labute approximate surface area is 160 Å². The lowest BCUT2D eigenvalue weighted by Crippen LogP contribution is -2.24. The lowest BCUT2D eigenvalue weighted by atomic mass is 10.2. The predicted octanol–water partition coefficient (Wildman–Crippen LogP) is 3.50. The van der Waals surface area contributed by atoms with Gasteiger partial charge < -0.3 is 9.47 Å². The number of amides is 1. The van der Waals surface area contributed by atoms with Crippen molar-refractivity contribution in [2.75, 3.05) is 6.61 Å². The average Bonchev–Trinajstić information content (AvgIpc) is 3.24. The number of nitrogens with zero attached hydrogens (tertiary/aromatic N) is 1. The molecule has 0 fully saturated rings. The first-order chi connectivity index (χ1) is 13.2. The first-order valence-corrected chi connectivity index (χ1v) is 8.94. The van der Waals surface area contributed by atoms with E-state index in [0.29, 0.717) is 16.4 Å². The molecule has 1 aromatic heterocycles. The van der Waals surface area contributed by atoms with E-state index >= 15 is 0 Å². The summed E-state index contributed by atoms with van der Waals surface area (Å²) in [6.07, 6.45) is 1.49. The number of hydrazone groups is 1. The molecule has 27 heavy (non-hydrogen) atoms. The minimum absolute atomic E-state index is 0.126. The first-order valence-electron chi connectivity index (χ1n) is 8.06. The van der Waals surface area contributed by atoms with Gasteiger partial charge in [0.2, 0.25) is 0 Å². The number of carbonyl (C=O) groups is 2. The number of hydrogen-bond donors (Lipinski definition) is 1. The molecule has 0 spiro atoms. The lowest BCUT2D eigenvalue weighted by Gasteiger charge is -2.04. The van der Waals surface area contributed by atoms with Gasteiger partial charge in [-0.3, -0.25) is 4.79 Å². The van der Waals surface area contributed by atoms with E-state index < -0.39 is 5.97 Å². The number of hydrogen-bond acceptors (Lipinski definition) is 6. The van der Waals surface area contributed by atoms with E-state index in [1.165, 1.54) is 17.6 Å². The van der Waals surface area contributed by atoms with Gasteiger partial charge in [-0.1, -0.05) is 24.3 Å². The van der Waals surface area contributed by atoms with Gasteiger partial charge in [-0.2, -0.15) is 5.10 Å². The van der Waals surface area contributed by atoms with Crippen molar-refractivity contribution >= 4 is 29.4 Å². The Balaban J connectivity index is 1.45. The summed E-state index contributed by atoms with van der Waals surface area (Å²) >= 11 is 1.32. The highest BCUT2D eigenvalue weighted by atomic mass is 32.1. The van der Waals surface area contributed by atoms with Crippen LogP contribution in [0.4, 0.5) is 0 Å². The molecule has 1 amide bonds. The summed E-state index contributed by atoms with van der Waals surface area (Å²) in [6.45, 7) is -0.126. The maximum atomic E-state index is 11.9. The zero-order chi connectivity index (χ0) is 18.9. The Morgan fingerprint density at radius 2 is 1.74 bits per heavy atom. The van der Waals surface area contributed by atoms with Gasteiger partial charge in [-0.25, -0.2) is 10.2 Å². The van der Waals surface area contributed by atoms with Gasteiger partial charge in [0.1, 0.15) is 16.4 Å². The van der Waals surface area contributed by atoms with Crippen molar-refractivity contribution < 1.29 is 19.1 Å². The monoisotopic (exact) mass is 380 g/mol. The van der Waals surface area contributed by atoms with Crippen LogP contribution in [0.1, 0.15) is 15.2 Å². The quantitative estimate of drug-likeness (QED) is 0.295. The number of para-hydroxylation sites is 1. The molecule has 0 atom stereocenters. The number of nitrogens with one attached hydrogen (secondary N) is 1. The highest BCUT2D eigenvalue weighted by Crippen LogP contribution is 2.16. The average molecular weight is 380 g/mol. The minimum atomic E-state index is -0.392. The standard InChI is InChI=1S/C20H16N2O4S/c23-19(14-25-16-5-2-1-3-6-16)22-21-13-15-8-10-17(11-9-15)26-20(24)18-7-4-12-27-18/h1-13H,14H2,(H,22,23)/b21-13-. The predicted molar refractivity (Wildman–Crippen MR) is 103 cm³/mol. The second-order valence-electron chi connectivity index (χ2n) is 5.33. The minimum Gasteiger partial charge on any atom is -0.484 e. The van der Waals surface area contributed by atoms with E-state index in [9.17, 15) is 9.59 Å². The summed E-state index contributed by atoms with van der Waals surface area (Å²) in [5, 5.41) is 5.69. The van der Waals surface area contributed by atoms with Gasteiger partial charge in [0.15, 0.2) is 6.61 Å². The molecule has 0 saturated heterocycles. The molecule has 2 aromatic carbocycles. The summed E-state index contributed by atoms with van der Waals surface area (Å²) in [5.74, 6) is 0.295. The van der Waals surface area contributed by atoms with Crippen molar-refractivity contribution in [1.29, 1.82) is 0 Å². The maximum absolute atomic E-state index is 11.9. The normalized spacial score (nSPS) is 10.5. The highest BCUT2D eigenvalue weighted by Gasteiger charge is 2.09. The Kier molecular flexibility index (Phi) is 6.32. The molecule has 1 heterocycles. The number of rotatable bonds is 7. The Bertz CT molecular complexity index is 907. The number of benzene rings is 2. The van der Waals surface area contributed by atoms with Crippen LogP contribution in [0.5, 0.6) is 11.5 Å². The van der Waals surface area contributed by atoms with E-state index in [0.717, 1.165) is 5.56 Å². The Hall–Kier alpha value is -3.45. The number of esters is 1. The maximum Gasteiger partial charge on any atom is 0.353 e. The Morgan fingerprint density at radius 3 is 2.44 bits per heavy atom. The summed E-state index contributed by atoms with van der Waals surface area (Å²) in [5.41, 5.74) is 3.13. The number of thiophene rings is 1. The van der Waals surface area contributed by atoms with Gasteiger partial charge in [-0.15, -0.1) is 11.3 Å². The van der Waals surface area contributed by atoms with Crippen molar-refractivity contribution in [2.45, 2.75) is 0 Å². The van der Waals surface area contributed by atoms with Crippen LogP contribution < -0.4 is 14.9 Å². The topological polar surface area (TPSA) is 77.0 Å². The molecule has 136 valence electrons. The van der Waals surface area contributed by atoms with E-state index in [1.54, 1.807) is 48.5 Å². The van der Waals surface area contributed by atoms with Gasteiger partial charge in [0.05, 0.1) is 6.21 Å². The second-order valence-corrected chi connectivity index (χ2v) is 6.28. The fourth-order valence-corrected chi connectivity index (χ4v) is 2.65. The van der Waals surface area contributed by atoms with E-state index in [2.05, 4.69) is 10.5 Å². The van der Waals surface area contributed by atoms with Crippen LogP contribution >= 0.6 is 11.3 Å². The molecule has 0 saturated carbocycles. The molecule has 1 N–H and O–H groups in total. The third kappa shape index (κ3) is 5.79. The molecule has 0 aliphatic heterocycles.